The number of ether oxygens (including phenoxy) is 1. The number of nitrogens with one attached hydrogen (secondary N) is 1. The zero-order valence-electron chi connectivity index (χ0n) is 8.43. The molecule has 1 aliphatic rings. The average Bonchev–Trinajstić information content (AvgIpc) is 2.06. The first-order chi connectivity index (χ1) is 6.66. The van der Waals surface area contributed by atoms with Gasteiger partial charge in [0.2, 0.25) is 0 Å². The molecule has 0 aromatic heterocycles. The van der Waals surface area contributed by atoms with Gasteiger partial charge in [-0.1, -0.05) is 22.0 Å². The van der Waals surface area contributed by atoms with Crippen molar-refractivity contribution in [1.29, 1.82) is 0 Å². The van der Waals surface area contributed by atoms with Crippen LogP contribution in [0.15, 0.2) is 16.6 Å². The van der Waals surface area contributed by atoms with Crippen LogP contribution in [0.2, 0.25) is 0 Å². The first-order valence-electron chi connectivity index (χ1n) is 4.78. The summed E-state index contributed by atoms with van der Waals surface area (Å²) in [6, 6.07) is 4.82. The minimum absolute atomic E-state index is 0.489. The highest BCUT2D eigenvalue weighted by atomic mass is 79.9. The molecule has 76 valence electrons. The number of rotatable bonds is 2. The van der Waals surface area contributed by atoms with Crippen LogP contribution in [0.1, 0.15) is 11.1 Å². The highest BCUT2D eigenvalue weighted by molar-refractivity contribution is 9.10. The van der Waals surface area contributed by atoms with E-state index in [2.05, 4.69) is 47.2 Å². The monoisotopic (exact) mass is 255 g/mol. The Hall–Kier alpha value is -0.540. The van der Waals surface area contributed by atoms with E-state index in [-0.39, 0.29) is 0 Å². The molecule has 2 nitrogen and oxygen atoms in total. The van der Waals surface area contributed by atoms with Crippen molar-refractivity contribution < 1.29 is 4.74 Å². The summed E-state index contributed by atoms with van der Waals surface area (Å²) in [6.45, 7) is 5.88. The number of hydrogen-bond acceptors (Lipinski definition) is 2. The smallest absolute Gasteiger partial charge is 0.0728 e. The fraction of sp³-hybridized carbons (Fsp3) is 0.455. The first kappa shape index (κ1) is 9.99. The molecule has 0 atom stereocenters. The van der Waals surface area contributed by atoms with Gasteiger partial charge in [0.1, 0.15) is 0 Å². The molecule has 1 heterocycles. The molecule has 1 fully saturated rings. The molecule has 0 amide bonds. The fourth-order valence-electron chi connectivity index (χ4n) is 1.52. The van der Waals surface area contributed by atoms with Crippen molar-refractivity contribution in [2.24, 2.45) is 0 Å². The highest BCUT2D eigenvalue weighted by Crippen LogP contribution is 2.26. The summed E-state index contributed by atoms with van der Waals surface area (Å²) in [4.78, 5) is 0. The van der Waals surface area contributed by atoms with Gasteiger partial charge in [0.15, 0.2) is 0 Å². The van der Waals surface area contributed by atoms with Crippen molar-refractivity contribution in [3.8, 4) is 0 Å². The Labute approximate surface area is 92.8 Å². The van der Waals surface area contributed by atoms with Gasteiger partial charge in [0.05, 0.1) is 19.3 Å². The second-order valence-corrected chi connectivity index (χ2v) is 4.65. The van der Waals surface area contributed by atoms with Crippen molar-refractivity contribution in [2.75, 3.05) is 18.5 Å². The maximum atomic E-state index is 5.13. The maximum absolute atomic E-state index is 5.13. The Morgan fingerprint density at radius 1 is 1.29 bits per heavy atom. The van der Waals surface area contributed by atoms with Crippen LogP contribution in [-0.2, 0) is 4.74 Å². The van der Waals surface area contributed by atoms with Crippen LogP contribution in [0.3, 0.4) is 0 Å². The molecule has 3 heteroatoms. The van der Waals surface area contributed by atoms with Crippen LogP contribution >= 0.6 is 15.9 Å². The van der Waals surface area contributed by atoms with Gasteiger partial charge in [-0.3, -0.25) is 0 Å². The molecule has 1 saturated heterocycles. The largest absolute Gasteiger partial charge is 0.377 e. The van der Waals surface area contributed by atoms with E-state index in [0.717, 1.165) is 17.7 Å². The van der Waals surface area contributed by atoms with Crippen molar-refractivity contribution in [2.45, 2.75) is 19.9 Å². The summed E-state index contributed by atoms with van der Waals surface area (Å²) in [6.07, 6.45) is 0. The average molecular weight is 256 g/mol. The van der Waals surface area contributed by atoms with Crippen molar-refractivity contribution >= 4 is 21.6 Å². The van der Waals surface area contributed by atoms with Crippen molar-refractivity contribution in [3.63, 3.8) is 0 Å². The van der Waals surface area contributed by atoms with E-state index < -0.39 is 0 Å². The molecule has 1 N–H and O–H groups in total. The second kappa shape index (κ2) is 3.91. The molecule has 1 aliphatic heterocycles. The van der Waals surface area contributed by atoms with Crippen molar-refractivity contribution in [3.05, 3.63) is 27.7 Å². The predicted octanol–water partition coefficient (Wildman–Crippen LogP) is 2.88. The first-order valence-corrected chi connectivity index (χ1v) is 5.57. The number of halogens is 1. The molecule has 0 radical (unpaired) electrons. The molecule has 2 rings (SSSR count). The lowest BCUT2D eigenvalue weighted by Gasteiger charge is -2.28. The Balaban J connectivity index is 2.19. The Morgan fingerprint density at radius 3 is 2.57 bits per heavy atom. The van der Waals surface area contributed by atoms with Crippen LogP contribution in [0.5, 0.6) is 0 Å². The fourth-order valence-corrected chi connectivity index (χ4v) is 1.86. The molecule has 0 unspecified atom stereocenters. The van der Waals surface area contributed by atoms with Crippen molar-refractivity contribution in [1.82, 2.24) is 0 Å². The third-order valence-corrected chi connectivity index (χ3v) is 3.36. The predicted molar refractivity (Wildman–Crippen MR) is 61.8 cm³/mol. The van der Waals surface area contributed by atoms with E-state index in [1.165, 1.54) is 16.8 Å². The molecule has 1 aromatic carbocycles. The van der Waals surface area contributed by atoms with Gasteiger partial charge in [-0.2, -0.15) is 0 Å². The van der Waals surface area contributed by atoms with E-state index in [0.29, 0.717) is 6.04 Å². The van der Waals surface area contributed by atoms with Gasteiger partial charge >= 0.3 is 0 Å². The maximum Gasteiger partial charge on any atom is 0.0728 e. The number of anilines is 1. The molecular formula is C11H14BrNO. The lowest BCUT2D eigenvalue weighted by molar-refractivity contribution is 0.0211. The summed E-state index contributed by atoms with van der Waals surface area (Å²) in [5.41, 5.74) is 3.77. The van der Waals surface area contributed by atoms with Crippen LogP contribution in [-0.4, -0.2) is 19.3 Å². The Morgan fingerprint density at radius 2 is 2.00 bits per heavy atom. The normalized spacial score (nSPS) is 16.5. The van der Waals surface area contributed by atoms with E-state index >= 15 is 0 Å². The molecule has 0 saturated carbocycles. The summed E-state index contributed by atoms with van der Waals surface area (Å²) >= 11 is 3.54. The Bertz CT molecular complexity index is 347. The zero-order valence-corrected chi connectivity index (χ0v) is 10.0. The van der Waals surface area contributed by atoms with Crippen LogP contribution in [0.4, 0.5) is 5.69 Å². The lowest BCUT2D eigenvalue weighted by atomic mass is 10.1. The van der Waals surface area contributed by atoms with Crippen LogP contribution < -0.4 is 5.32 Å². The van der Waals surface area contributed by atoms with Gasteiger partial charge in [-0.15, -0.1) is 0 Å². The summed E-state index contributed by atoms with van der Waals surface area (Å²) in [7, 11) is 0. The summed E-state index contributed by atoms with van der Waals surface area (Å²) in [5, 5.41) is 3.46. The summed E-state index contributed by atoms with van der Waals surface area (Å²) in [5.74, 6) is 0. The summed E-state index contributed by atoms with van der Waals surface area (Å²) < 4.78 is 6.28. The molecule has 0 bridgehead atoms. The van der Waals surface area contributed by atoms with Crippen LogP contribution in [0, 0.1) is 13.8 Å². The minimum Gasteiger partial charge on any atom is -0.377 e. The SMILES string of the molecule is Cc1cc(C)c(NC2COC2)cc1Br. The highest BCUT2D eigenvalue weighted by Gasteiger charge is 2.18. The molecule has 0 spiro atoms. The standard InChI is InChI=1S/C11H14BrNO/c1-7-3-8(2)11(4-10(7)12)13-9-5-14-6-9/h3-4,9,13H,5-6H2,1-2H3. The van der Waals surface area contributed by atoms with Gasteiger partial charge in [0, 0.05) is 10.2 Å². The molecular weight excluding hydrogens is 242 g/mol. The quantitative estimate of drug-likeness (QED) is 0.878. The minimum atomic E-state index is 0.489. The lowest BCUT2D eigenvalue weighted by Crippen LogP contribution is -2.40. The number of aryl methyl sites for hydroxylation is 2. The number of hydrogen-bond donors (Lipinski definition) is 1. The topological polar surface area (TPSA) is 21.3 Å². The van der Waals surface area contributed by atoms with Gasteiger partial charge in [-0.25, -0.2) is 0 Å². The molecule has 14 heavy (non-hydrogen) atoms. The van der Waals surface area contributed by atoms with E-state index in [9.17, 15) is 0 Å². The van der Waals surface area contributed by atoms with Crippen LogP contribution in [0.25, 0.3) is 0 Å². The molecule has 0 aliphatic carbocycles. The Kier molecular flexibility index (Phi) is 2.79. The van der Waals surface area contributed by atoms with Gasteiger partial charge in [-0.05, 0) is 31.0 Å². The number of benzene rings is 1. The van der Waals surface area contributed by atoms with E-state index in [4.69, 9.17) is 4.74 Å². The third kappa shape index (κ3) is 1.93. The van der Waals surface area contributed by atoms with E-state index in [1.807, 2.05) is 0 Å². The molecule has 1 aromatic rings. The zero-order chi connectivity index (χ0) is 10.1. The van der Waals surface area contributed by atoms with Gasteiger partial charge in [0.25, 0.3) is 0 Å². The van der Waals surface area contributed by atoms with Gasteiger partial charge < -0.3 is 10.1 Å². The second-order valence-electron chi connectivity index (χ2n) is 3.80. The third-order valence-electron chi connectivity index (χ3n) is 2.50. The van der Waals surface area contributed by atoms with E-state index in [1.54, 1.807) is 0 Å².